The van der Waals surface area contributed by atoms with Crippen LogP contribution < -0.4 is 5.73 Å². The van der Waals surface area contributed by atoms with Crippen LogP contribution in [0.3, 0.4) is 0 Å². The number of esters is 1. The van der Waals surface area contributed by atoms with Crippen molar-refractivity contribution in [2.45, 2.75) is 19.4 Å². The van der Waals surface area contributed by atoms with Crippen molar-refractivity contribution in [2.75, 3.05) is 6.61 Å². The van der Waals surface area contributed by atoms with Crippen molar-refractivity contribution in [1.29, 1.82) is 0 Å². The fourth-order valence-corrected chi connectivity index (χ4v) is 1.33. The van der Waals surface area contributed by atoms with E-state index in [9.17, 15) is 9.18 Å². The van der Waals surface area contributed by atoms with Gasteiger partial charge in [-0.3, -0.25) is 4.79 Å². The third-order valence-corrected chi connectivity index (χ3v) is 2.08. The molecule has 1 rings (SSSR count). The second kappa shape index (κ2) is 7.09. The summed E-state index contributed by atoms with van der Waals surface area (Å²) < 4.78 is 18.1. The van der Waals surface area contributed by atoms with Gasteiger partial charge in [0.2, 0.25) is 0 Å². The Morgan fingerprint density at radius 1 is 1.59 bits per heavy atom. The maximum Gasteiger partial charge on any atom is 0.307 e. The minimum atomic E-state index is -0.764. The van der Waals surface area contributed by atoms with E-state index in [1.165, 1.54) is 12.1 Å². The molecule has 0 spiro atoms. The number of nitrogens with two attached hydrogens (primary N) is 1. The van der Waals surface area contributed by atoms with Crippen LogP contribution >= 0.6 is 12.4 Å². The number of hydrogen-bond donors (Lipinski definition) is 2. The number of carbonyl (C=O) groups is 1. The molecule has 0 saturated heterocycles. The molecule has 0 aliphatic heterocycles. The van der Waals surface area contributed by atoms with Crippen LogP contribution in [0.1, 0.15) is 24.9 Å². The first-order valence-corrected chi connectivity index (χ1v) is 4.94. The molecule has 0 radical (unpaired) electrons. The van der Waals surface area contributed by atoms with Crippen LogP contribution in [0.15, 0.2) is 18.2 Å². The highest BCUT2D eigenvalue weighted by Gasteiger charge is 2.16. The third kappa shape index (κ3) is 4.58. The molecule has 0 aliphatic carbocycles. The predicted octanol–water partition coefficient (Wildman–Crippen LogP) is 1.91. The van der Waals surface area contributed by atoms with Gasteiger partial charge in [-0.2, -0.15) is 0 Å². The number of ether oxygens (including phenoxy) is 1. The summed E-state index contributed by atoms with van der Waals surface area (Å²) in [6, 6.07) is 2.87. The Bertz CT molecular complexity index is 387. The third-order valence-electron chi connectivity index (χ3n) is 2.08. The minimum Gasteiger partial charge on any atom is -0.508 e. The highest BCUT2D eigenvalue weighted by atomic mass is 35.5. The highest BCUT2D eigenvalue weighted by Crippen LogP contribution is 2.22. The van der Waals surface area contributed by atoms with Crippen LogP contribution in [0.2, 0.25) is 0 Å². The summed E-state index contributed by atoms with van der Waals surface area (Å²) in [4.78, 5) is 11.1. The van der Waals surface area contributed by atoms with Gasteiger partial charge in [0, 0.05) is 17.7 Å². The molecule has 0 saturated carbocycles. The first-order chi connectivity index (χ1) is 7.54. The zero-order valence-corrected chi connectivity index (χ0v) is 10.2. The van der Waals surface area contributed by atoms with Gasteiger partial charge in [-0.1, -0.05) is 6.07 Å². The normalized spacial score (nSPS) is 11.5. The number of rotatable bonds is 4. The summed E-state index contributed by atoms with van der Waals surface area (Å²) >= 11 is 0. The molecular formula is C11H15ClFNO3. The Balaban J connectivity index is 0.00000256. The summed E-state index contributed by atoms with van der Waals surface area (Å²) in [5, 5.41) is 9.01. The summed E-state index contributed by atoms with van der Waals surface area (Å²) in [7, 11) is 0. The van der Waals surface area contributed by atoms with E-state index < -0.39 is 17.8 Å². The second-order valence-corrected chi connectivity index (χ2v) is 3.32. The molecule has 1 aromatic carbocycles. The largest absolute Gasteiger partial charge is 0.508 e. The number of carbonyl (C=O) groups excluding carboxylic acids is 1. The monoisotopic (exact) mass is 263 g/mol. The van der Waals surface area contributed by atoms with Crippen molar-refractivity contribution in [3.63, 3.8) is 0 Å². The highest BCUT2D eigenvalue weighted by molar-refractivity contribution is 5.85. The molecule has 0 aromatic heterocycles. The fraction of sp³-hybridized carbons (Fsp3) is 0.364. The molecule has 0 amide bonds. The number of halogens is 2. The van der Waals surface area contributed by atoms with Crippen LogP contribution in [-0.4, -0.2) is 17.7 Å². The Morgan fingerprint density at radius 2 is 2.24 bits per heavy atom. The quantitative estimate of drug-likeness (QED) is 0.814. The molecule has 0 heterocycles. The van der Waals surface area contributed by atoms with Crippen molar-refractivity contribution >= 4 is 18.4 Å². The molecule has 0 unspecified atom stereocenters. The van der Waals surface area contributed by atoms with Gasteiger partial charge >= 0.3 is 5.97 Å². The lowest BCUT2D eigenvalue weighted by atomic mass is 10.0. The topological polar surface area (TPSA) is 72.5 Å². The molecule has 1 atom stereocenters. The number of phenols is 1. The van der Waals surface area contributed by atoms with Crippen LogP contribution in [0.5, 0.6) is 5.75 Å². The number of phenolic OH excluding ortho intramolecular Hbond substituents is 1. The SMILES string of the molecule is CCOC(=O)C[C@@H](N)c1ccc(O)cc1F.Cl. The van der Waals surface area contributed by atoms with Crippen molar-refractivity contribution in [3.8, 4) is 5.75 Å². The Labute approximate surface area is 105 Å². The van der Waals surface area contributed by atoms with Gasteiger partial charge in [0.25, 0.3) is 0 Å². The zero-order valence-electron chi connectivity index (χ0n) is 9.35. The molecule has 3 N–H and O–H groups in total. The molecule has 6 heteroatoms. The average molecular weight is 264 g/mol. The van der Waals surface area contributed by atoms with Crippen LogP contribution in [0.25, 0.3) is 0 Å². The van der Waals surface area contributed by atoms with E-state index in [1.54, 1.807) is 6.92 Å². The Hall–Kier alpha value is -1.33. The van der Waals surface area contributed by atoms with Crippen molar-refractivity contribution < 1.29 is 19.0 Å². The molecule has 96 valence electrons. The zero-order chi connectivity index (χ0) is 12.1. The maximum atomic E-state index is 13.3. The van der Waals surface area contributed by atoms with Gasteiger partial charge < -0.3 is 15.6 Å². The van der Waals surface area contributed by atoms with Crippen molar-refractivity contribution in [3.05, 3.63) is 29.6 Å². The molecule has 0 aliphatic rings. The molecule has 1 aromatic rings. The first kappa shape index (κ1) is 15.7. The van der Waals surface area contributed by atoms with Gasteiger partial charge in [-0.25, -0.2) is 4.39 Å². The van der Waals surface area contributed by atoms with Crippen molar-refractivity contribution in [2.24, 2.45) is 5.73 Å². The number of aromatic hydroxyl groups is 1. The summed E-state index contributed by atoms with van der Waals surface area (Å²) in [5.41, 5.74) is 5.84. The van der Waals surface area contributed by atoms with Gasteiger partial charge in [0.05, 0.1) is 13.0 Å². The average Bonchev–Trinajstić information content (AvgIpc) is 2.17. The lowest BCUT2D eigenvalue weighted by molar-refractivity contribution is -0.143. The summed E-state index contributed by atoms with van der Waals surface area (Å²) in [5.74, 6) is -1.27. The Kier molecular flexibility index (Phi) is 6.53. The van der Waals surface area contributed by atoms with Crippen LogP contribution in [0, 0.1) is 5.82 Å². The van der Waals surface area contributed by atoms with E-state index in [0.29, 0.717) is 0 Å². The van der Waals surface area contributed by atoms with E-state index in [0.717, 1.165) is 6.07 Å². The lowest BCUT2D eigenvalue weighted by Gasteiger charge is -2.12. The number of benzene rings is 1. The van der Waals surface area contributed by atoms with E-state index in [-0.39, 0.29) is 36.7 Å². The maximum absolute atomic E-state index is 13.3. The summed E-state index contributed by atoms with van der Waals surface area (Å²) in [6.45, 7) is 1.95. The first-order valence-electron chi connectivity index (χ1n) is 4.94. The van der Waals surface area contributed by atoms with E-state index in [1.807, 2.05) is 0 Å². The number of hydrogen-bond acceptors (Lipinski definition) is 4. The van der Waals surface area contributed by atoms with E-state index in [4.69, 9.17) is 15.6 Å². The standard InChI is InChI=1S/C11H14FNO3.ClH/c1-2-16-11(15)6-10(13)8-4-3-7(14)5-9(8)12;/h3-5,10,14H,2,6,13H2,1H3;1H/t10-;/m1./s1. The van der Waals surface area contributed by atoms with Gasteiger partial charge in [-0.15, -0.1) is 12.4 Å². The van der Waals surface area contributed by atoms with Gasteiger partial charge in [0.1, 0.15) is 11.6 Å². The molecule has 0 bridgehead atoms. The smallest absolute Gasteiger partial charge is 0.307 e. The molecule has 17 heavy (non-hydrogen) atoms. The summed E-state index contributed by atoms with van der Waals surface area (Å²) in [6.07, 6.45) is -0.0878. The second-order valence-electron chi connectivity index (χ2n) is 3.32. The van der Waals surface area contributed by atoms with Crippen molar-refractivity contribution in [1.82, 2.24) is 0 Å². The Morgan fingerprint density at radius 3 is 2.76 bits per heavy atom. The van der Waals surface area contributed by atoms with Gasteiger partial charge in [-0.05, 0) is 13.0 Å². The van der Waals surface area contributed by atoms with E-state index >= 15 is 0 Å². The predicted molar refractivity (Wildman–Crippen MR) is 63.5 cm³/mol. The minimum absolute atomic E-state index is 0. The van der Waals surface area contributed by atoms with Crippen LogP contribution in [-0.2, 0) is 9.53 Å². The molecular weight excluding hydrogens is 249 g/mol. The fourth-order valence-electron chi connectivity index (χ4n) is 1.33. The van der Waals surface area contributed by atoms with E-state index in [2.05, 4.69) is 0 Å². The van der Waals surface area contributed by atoms with Gasteiger partial charge in [0.15, 0.2) is 0 Å². The van der Waals surface area contributed by atoms with Crippen LogP contribution in [0.4, 0.5) is 4.39 Å². The lowest BCUT2D eigenvalue weighted by Crippen LogP contribution is -2.18. The molecule has 4 nitrogen and oxygen atoms in total. The molecule has 0 fully saturated rings.